The lowest BCUT2D eigenvalue weighted by atomic mass is 10.1. The first-order chi connectivity index (χ1) is 22.0. The third-order valence-corrected chi connectivity index (χ3v) is 6.97. The molecule has 0 saturated heterocycles. The molecule has 1 aromatic heterocycles. The summed E-state index contributed by atoms with van der Waals surface area (Å²) < 4.78 is 30.0. The van der Waals surface area contributed by atoms with Crippen molar-refractivity contribution >= 4 is 16.9 Å². The molecular formula is C38H30O7. The van der Waals surface area contributed by atoms with E-state index in [9.17, 15) is 9.59 Å². The van der Waals surface area contributed by atoms with Gasteiger partial charge in [0.25, 0.3) is 0 Å². The van der Waals surface area contributed by atoms with E-state index in [-0.39, 0.29) is 28.8 Å². The largest absolute Gasteiger partial charge is 0.489 e. The van der Waals surface area contributed by atoms with Crippen molar-refractivity contribution in [1.82, 2.24) is 0 Å². The van der Waals surface area contributed by atoms with Crippen molar-refractivity contribution in [3.05, 3.63) is 154 Å². The maximum atomic E-state index is 13.4. The average Bonchev–Trinajstić information content (AvgIpc) is 3.06. The monoisotopic (exact) mass is 598 g/mol. The number of ether oxygens (including phenoxy) is 4. The topological polar surface area (TPSA) is 84.2 Å². The molecule has 7 heteroatoms. The lowest BCUT2D eigenvalue weighted by Crippen LogP contribution is -2.08. The van der Waals surface area contributed by atoms with Crippen molar-refractivity contribution in [1.29, 1.82) is 0 Å². The predicted molar refractivity (Wildman–Crippen MR) is 172 cm³/mol. The summed E-state index contributed by atoms with van der Waals surface area (Å²) in [5, 5.41) is 0.143. The zero-order valence-corrected chi connectivity index (χ0v) is 24.6. The molecule has 0 unspecified atom stereocenters. The minimum absolute atomic E-state index is 0.0694. The predicted octanol–water partition coefficient (Wildman–Crippen LogP) is 8.12. The fourth-order valence-electron chi connectivity index (χ4n) is 4.79. The van der Waals surface area contributed by atoms with Gasteiger partial charge in [-0.2, -0.15) is 0 Å². The molecule has 0 aliphatic carbocycles. The Bertz CT molecular complexity index is 1970. The zero-order chi connectivity index (χ0) is 31.0. The maximum Gasteiger partial charge on any atom is 0.308 e. The third-order valence-electron chi connectivity index (χ3n) is 6.97. The first kappa shape index (κ1) is 29.3. The van der Waals surface area contributed by atoms with Crippen LogP contribution in [-0.4, -0.2) is 5.97 Å². The molecule has 7 nitrogen and oxygen atoms in total. The van der Waals surface area contributed by atoms with Gasteiger partial charge in [-0.25, -0.2) is 0 Å². The van der Waals surface area contributed by atoms with Crippen LogP contribution in [0, 0.1) is 0 Å². The van der Waals surface area contributed by atoms with Crippen LogP contribution in [0.1, 0.15) is 23.6 Å². The Balaban J connectivity index is 1.36. The van der Waals surface area contributed by atoms with Gasteiger partial charge in [0.15, 0.2) is 16.9 Å². The minimum atomic E-state index is -0.564. The van der Waals surface area contributed by atoms with Gasteiger partial charge in [-0.05, 0) is 34.9 Å². The molecule has 0 aliphatic rings. The van der Waals surface area contributed by atoms with E-state index in [1.807, 2.05) is 97.1 Å². The van der Waals surface area contributed by atoms with Crippen molar-refractivity contribution in [3.63, 3.8) is 0 Å². The second-order valence-electron chi connectivity index (χ2n) is 10.3. The van der Waals surface area contributed by atoms with Crippen LogP contribution in [0.2, 0.25) is 0 Å². The Morgan fingerprint density at radius 3 is 1.73 bits per heavy atom. The van der Waals surface area contributed by atoms with Gasteiger partial charge in [0.1, 0.15) is 48.0 Å². The molecule has 0 spiro atoms. The average molecular weight is 599 g/mol. The van der Waals surface area contributed by atoms with Crippen molar-refractivity contribution in [2.24, 2.45) is 0 Å². The molecule has 224 valence electrons. The molecule has 0 fully saturated rings. The lowest BCUT2D eigenvalue weighted by molar-refractivity contribution is -0.131. The van der Waals surface area contributed by atoms with Crippen LogP contribution in [0.3, 0.4) is 0 Å². The maximum absolute atomic E-state index is 13.4. The molecule has 0 N–H and O–H groups in total. The summed E-state index contributed by atoms with van der Waals surface area (Å²) in [6, 6.07) is 39.2. The smallest absolute Gasteiger partial charge is 0.308 e. The Hall–Kier alpha value is -5.82. The SMILES string of the molecule is CC(=O)Oc1cc(OCc2ccccc2)cc2oc(-c3ccc(OCc4ccccc4)c(OCc4ccccc4)c3)cc(=O)c12. The van der Waals surface area contributed by atoms with E-state index in [0.29, 0.717) is 41.8 Å². The number of esters is 1. The van der Waals surface area contributed by atoms with Gasteiger partial charge in [-0.3, -0.25) is 9.59 Å². The zero-order valence-electron chi connectivity index (χ0n) is 24.6. The number of hydrogen-bond donors (Lipinski definition) is 0. The summed E-state index contributed by atoms with van der Waals surface area (Å²) in [5.41, 5.74) is 3.43. The molecule has 0 atom stereocenters. The number of carbonyl (C=O) groups excluding carboxylic acids is 1. The second-order valence-corrected chi connectivity index (χ2v) is 10.3. The molecule has 0 radical (unpaired) electrons. The molecule has 6 aromatic rings. The Morgan fingerprint density at radius 2 is 1.16 bits per heavy atom. The fourth-order valence-corrected chi connectivity index (χ4v) is 4.79. The Labute approximate surface area is 260 Å². The highest BCUT2D eigenvalue weighted by Gasteiger charge is 2.18. The van der Waals surface area contributed by atoms with Gasteiger partial charge in [-0.15, -0.1) is 0 Å². The molecule has 5 aromatic carbocycles. The summed E-state index contributed by atoms with van der Waals surface area (Å²) in [7, 11) is 0. The Kier molecular flexibility index (Phi) is 8.88. The van der Waals surface area contributed by atoms with E-state index >= 15 is 0 Å². The first-order valence-electron chi connectivity index (χ1n) is 14.5. The van der Waals surface area contributed by atoms with Gasteiger partial charge in [0.05, 0.1) is 0 Å². The summed E-state index contributed by atoms with van der Waals surface area (Å²) >= 11 is 0. The van der Waals surface area contributed by atoms with Crippen molar-refractivity contribution in [3.8, 4) is 34.3 Å². The van der Waals surface area contributed by atoms with Crippen LogP contribution >= 0.6 is 0 Å². The molecule has 45 heavy (non-hydrogen) atoms. The van der Waals surface area contributed by atoms with Gasteiger partial charge in [-0.1, -0.05) is 91.0 Å². The van der Waals surface area contributed by atoms with E-state index in [1.165, 1.54) is 19.1 Å². The second kappa shape index (κ2) is 13.7. The van der Waals surface area contributed by atoms with Crippen LogP contribution in [-0.2, 0) is 24.6 Å². The Morgan fingerprint density at radius 1 is 0.600 bits per heavy atom. The molecular weight excluding hydrogens is 568 g/mol. The van der Waals surface area contributed by atoms with E-state index in [0.717, 1.165) is 16.7 Å². The van der Waals surface area contributed by atoms with Gasteiger partial charge < -0.3 is 23.4 Å². The standard InChI is InChI=1S/C38H30O7/c1-26(39)44-36-20-31(41-23-27-11-5-2-6-12-27)21-37-38(36)32(40)22-34(45-37)30-17-18-33(42-24-28-13-7-3-8-14-28)35(19-30)43-25-29-15-9-4-10-16-29/h2-22H,23-25H2,1H3. The number of fused-ring (bicyclic) bond motifs is 1. The summed E-state index contributed by atoms with van der Waals surface area (Å²) in [6.45, 7) is 2.24. The van der Waals surface area contributed by atoms with Crippen LogP contribution in [0.15, 0.2) is 137 Å². The lowest BCUT2D eigenvalue weighted by Gasteiger charge is -2.15. The van der Waals surface area contributed by atoms with E-state index in [4.69, 9.17) is 23.4 Å². The molecule has 0 saturated carbocycles. The molecule has 1 heterocycles. The number of benzene rings is 5. The molecule has 0 bridgehead atoms. The quantitative estimate of drug-likeness (QED) is 0.110. The molecule has 0 aliphatic heterocycles. The first-order valence-corrected chi connectivity index (χ1v) is 14.5. The number of rotatable bonds is 11. The van der Waals surface area contributed by atoms with Crippen LogP contribution in [0.25, 0.3) is 22.3 Å². The number of hydrogen-bond acceptors (Lipinski definition) is 7. The van der Waals surface area contributed by atoms with Crippen molar-refractivity contribution in [2.45, 2.75) is 26.7 Å². The minimum Gasteiger partial charge on any atom is -0.489 e. The third kappa shape index (κ3) is 7.40. The highest BCUT2D eigenvalue weighted by atomic mass is 16.5. The van der Waals surface area contributed by atoms with E-state index in [1.54, 1.807) is 18.2 Å². The van der Waals surface area contributed by atoms with Crippen LogP contribution in [0.5, 0.6) is 23.0 Å². The summed E-state index contributed by atoms with van der Waals surface area (Å²) in [4.78, 5) is 25.3. The van der Waals surface area contributed by atoms with Gasteiger partial charge in [0, 0.05) is 30.7 Å². The van der Waals surface area contributed by atoms with Crippen molar-refractivity contribution < 1.29 is 28.2 Å². The van der Waals surface area contributed by atoms with E-state index < -0.39 is 5.97 Å². The highest BCUT2D eigenvalue weighted by Crippen LogP contribution is 2.36. The van der Waals surface area contributed by atoms with Crippen molar-refractivity contribution in [2.75, 3.05) is 0 Å². The van der Waals surface area contributed by atoms with Crippen LogP contribution in [0.4, 0.5) is 0 Å². The van der Waals surface area contributed by atoms with Crippen LogP contribution < -0.4 is 24.4 Å². The fraction of sp³-hybridized carbons (Fsp3) is 0.105. The highest BCUT2D eigenvalue weighted by molar-refractivity contribution is 5.88. The molecule has 6 rings (SSSR count). The van der Waals surface area contributed by atoms with Gasteiger partial charge in [0.2, 0.25) is 0 Å². The molecule has 0 amide bonds. The van der Waals surface area contributed by atoms with E-state index in [2.05, 4.69) is 0 Å². The number of carbonyl (C=O) groups is 1. The van der Waals surface area contributed by atoms with Gasteiger partial charge >= 0.3 is 5.97 Å². The summed E-state index contributed by atoms with van der Waals surface area (Å²) in [6.07, 6.45) is 0. The normalized spacial score (nSPS) is 10.8. The summed E-state index contributed by atoms with van der Waals surface area (Å²) in [5.74, 6) is 1.25.